The molecule has 0 aromatic carbocycles. The molecule has 1 N–H and O–H groups in total. The molecule has 0 aromatic rings. The Morgan fingerprint density at radius 2 is 0.958 bits per heavy atom. The van der Waals surface area contributed by atoms with E-state index in [1.807, 2.05) is 12.2 Å². The second-order valence-corrected chi connectivity index (χ2v) is 5.35. The lowest BCUT2D eigenvalue weighted by Gasteiger charge is -1.87. The first-order chi connectivity index (χ1) is 11.8. The molecule has 24 heavy (non-hydrogen) atoms. The summed E-state index contributed by atoms with van der Waals surface area (Å²) in [4.78, 5) is 10.3. The van der Waals surface area contributed by atoms with Crippen LogP contribution >= 0.6 is 0 Å². The van der Waals surface area contributed by atoms with Crippen LogP contribution in [0.1, 0.15) is 58.3 Å². The van der Waals surface area contributed by atoms with Crippen LogP contribution in [0, 0.1) is 0 Å². The van der Waals surface area contributed by atoms with Gasteiger partial charge >= 0.3 is 5.97 Å². The van der Waals surface area contributed by atoms with Gasteiger partial charge in [-0.15, -0.1) is 0 Å². The quantitative estimate of drug-likeness (QED) is 0.367. The third kappa shape index (κ3) is 19.9. The van der Waals surface area contributed by atoms with E-state index in [-0.39, 0.29) is 6.42 Å². The molecule has 2 heteroatoms. The third-order valence-corrected chi connectivity index (χ3v) is 3.12. The van der Waals surface area contributed by atoms with Crippen molar-refractivity contribution in [1.29, 1.82) is 0 Å². The molecule has 0 bridgehead atoms. The molecule has 0 radical (unpaired) electrons. The molecule has 0 amide bonds. The Kier molecular flexibility index (Phi) is 17.3. The van der Waals surface area contributed by atoms with Crippen LogP contribution in [0.4, 0.5) is 0 Å². The second kappa shape index (κ2) is 19.0. The molecule has 0 aromatic heterocycles. The summed E-state index contributed by atoms with van der Waals surface area (Å²) in [5.41, 5.74) is 0. The van der Waals surface area contributed by atoms with Crippen LogP contribution in [0.3, 0.4) is 0 Å². The summed E-state index contributed by atoms with van der Waals surface area (Å²) < 4.78 is 0. The van der Waals surface area contributed by atoms with Gasteiger partial charge in [0, 0.05) is 6.42 Å². The molecule has 0 atom stereocenters. The third-order valence-electron chi connectivity index (χ3n) is 3.12. The predicted octanol–water partition coefficient (Wildman–Crippen LogP) is 6.55. The molecule has 0 aliphatic carbocycles. The minimum absolute atomic E-state index is 0.210. The zero-order valence-corrected chi connectivity index (χ0v) is 14.9. The maximum absolute atomic E-state index is 10.3. The predicted molar refractivity (Wildman–Crippen MR) is 105 cm³/mol. The van der Waals surface area contributed by atoms with Crippen molar-refractivity contribution in [3.63, 3.8) is 0 Å². The van der Waals surface area contributed by atoms with E-state index in [1.165, 1.54) is 0 Å². The summed E-state index contributed by atoms with van der Waals surface area (Å²) in [6.45, 7) is 2.15. The summed E-state index contributed by atoms with van der Waals surface area (Å²) in [7, 11) is 0. The number of hydrogen-bond donors (Lipinski definition) is 1. The molecule has 132 valence electrons. The highest BCUT2D eigenvalue weighted by atomic mass is 16.4. The first-order valence-electron chi connectivity index (χ1n) is 8.89. The Hall–Kier alpha value is -2.09. The number of carboxylic acids is 1. The zero-order valence-electron chi connectivity index (χ0n) is 14.9. The highest BCUT2D eigenvalue weighted by Crippen LogP contribution is 1.97. The highest BCUT2D eigenvalue weighted by molar-refractivity contribution is 5.66. The number of aliphatic carboxylic acids is 1. The van der Waals surface area contributed by atoms with Crippen LogP contribution in [0.5, 0.6) is 0 Å². The van der Waals surface area contributed by atoms with E-state index in [0.717, 1.165) is 38.5 Å². The molecule has 0 saturated heterocycles. The van der Waals surface area contributed by atoms with Gasteiger partial charge in [-0.3, -0.25) is 4.79 Å². The maximum atomic E-state index is 10.3. The number of hydrogen-bond acceptors (Lipinski definition) is 1. The van der Waals surface area contributed by atoms with Crippen LogP contribution in [-0.4, -0.2) is 11.1 Å². The van der Waals surface area contributed by atoms with Crippen molar-refractivity contribution >= 4 is 5.97 Å². The van der Waals surface area contributed by atoms with Crippen LogP contribution in [0.2, 0.25) is 0 Å². The van der Waals surface area contributed by atoms with Gasteiger partial charge in [0.25, 0.3) is 0 Å². The fraction of sp³-hybridized carbons (Fsp3) is 0.409. The second-order valence-electron chi connectivity index (χ2n) is 5.35. The molecule has 0 saturated carbocycles. The number of carboxylic acid groups (broad SMARTS) is 1. The van der Waals surface area contributed by atoms with E-state index in [4.69, 9.17) is 5.11 Å². The Morgan fingerprint density at radius 1 is 0.625 bits per heavy atom. The first kappa shape index (κ1) is 21.9. The van der Waals surface area contributed by atoms with Gasteiger partial charge in [-0.05, 0) is 44.9 Å². The number of rotatable bonds is 14. The number of allylic oxidation sites excluding steroid dienone is 12. The molecule has 0 aliphatic rings. The molecule has 0 spiro atoms. The maximum Gasteiger partial charge on any atom is 0.303 e. The first-order valence-corrected chi connectivity index (χ1v) is 8.89. The van der Waals surface area contributed by atoms with E-state index in [2.05, 4.69) is 67.7 Å². The standard InChI is InChI=1S/C22H32O2/c1-2-3-4-5-6-7-8-9-10-11-12-13-14-15-16-17-18-19-20-21-22(23)24/h3-4,6-7,9-10,12-13,15-16,18-19H,2,5,8,11,14,17,20-21H2,1H3,(H,23,24)/b4-3-,7-6-,10-9+,13-12+,16-15+,19-18+. The minimum atomic E-state index is -0.741. The average Bonchev–Trinajstić information content (AvgIpc) is 2.56. The Balaban J connectivity index is 3.51. The van der Waals surface area contributed by atoms with Gasteiger partial charge in [-0.1, -0.05) is 79.8 Å². The van der Waals surface area contributed by atoms with Crippen LogP contribution in [-0.2, 0) is 4.79 Å². The Bertz CT molecular complexity index is 462. The van der Waals surface area contributed by atoms with Crippen molar-refractivity contribution in [3.05, 3.63) is 72.9 Å². The van der Waals surface area contributed by atoms with Gasteiger partial charge in [0.05, 0.1) is 0 Å². The van der Waals surface area contributed by atoms with Gasteiger partial charge in [-0.2, -0.15) is 0 Å². The topological polar surface area (TPSA) is 37.3 Å². The lowest BCUT2D eigenvalue weighted by Crippen LogP contribution is -1.91. The van der Waals surface area contributed by atoms with Gasteiger partial charge in [-0.25, -0.2) is 0 Å². The van der Waals surface area contributed by atoms with Crippen molar-refractivity contribution in [1.82, 2.24) is 0 Å². The largest absolute Gasteiger partial charge is 0.481 e. The summed E-state index contributed by atoms with van der Waals surface area (Å²) in [6, 6.07) is 0. The SMILES string of the molecule is CC/C=C\C/C=C\C/C=C/C/C=C/C/C=C/C/C=C/CCC(=O)O. The molecule has 0 aliphatic heterocycles. The van der Waals surface area contributed by atoms with E-state index in [1.54, 1.807) is 0 Å². The van der Waals surface area contributed by atoms with Crippen LogP contribution < -0.4 is 0 Å². The minimum Gasteiger partial charge on any atom is -0.481 e. The van der Waals surface area contributed by atoms with Crippen LogP contribution in [0.15, 0.2) is 72.9 Å². The highest BCUT2D eigenvalue weighted by Gasteiger charge is 1.90. The molecule has 2 nitrogen and oxygen atoms in total. The fourth-order valence-corrected chi connectivity index (χ4v) is 1.85. The normalized spacial score (nSPS) is 13.0. The van der Waals surface area contributed by atoms with E-state index < -0.39 is 5.97 Å². The molecular formula is C22H32O2. The Morgan fingerprint density at radius 3 is 1.29 bits per heavy atom. The van der Waals surface area contributed by atoms with Crippen LogP contribution in [0.25, 0.3) is 0 Å². The Labute approximate surface area is 147 Å². The molecule has 0 rings (SSSR count). The van der Waals surface area contributed by atoms with E-state index in [0.29, 0.717) is 6.42 Å². The molecule has 0 heterocycles. The number of carbonyl (C=O) groups is 1. The average molecular weight is 328 g/mol. The summed E-state index contributed by atoms with van der Waals surface area (Å²) in [6.07, 6.45) is 32.5. The zero-order chi connectivity index (χ0) is 17.7. The summed E-state index contributed by atoms with van der Waals surface area (Å²) in [5, 5.41) is 8.49. The van der Waals surface area contributed by atoms with Crippen molar-refractivity contribution in [2.24, 2.45) is 0 Å². The summed E-state index contributed by atoms with van der Waals surface area (Å²) >= 11 is 0. The van der Waals surface area contributed by atoms with Gasteiger partial charge < -0.3 is 5.11 Å². The smallest absolute Gasteiger partial charge is 0.303 e. The van der Waals surface area contributed by atoms with E-state index in [9.17, 15) is 4.79 Å². The summed E-state index contributed by atoms with van der Waals surface area (Å²) in [5.74, 6) is -0.741. The molecule has 0 fully saturated rings. The van der Waals surface area contributed by atoms with Crippen molar-refractivity contribution in [2.45, 2.75) is 58.3 Å². The lowest BCUT2D eigenvalue weighted by molar-refractivity contribution is -0.136. The van der Waals surface area contributed by atoms with Crippen molar-refractivity contribution < 1.29 is 9.90 Å². The fourth-order valence-electron chi connectivity index (χ4n) is 1.85. The van der Waals surface area contributed by atoms with Crippen molar-refractivity contribution in [3.8, 4) is 0 Å². The monoisotopic (exact) mass is 328 g/mol. The van der Waals surface area contributed by atoms with Crippen molar-refractivity contribution in [2.75, 3.05) is 0 Å². The van der Waals surface area contributed by atoms with E-state index >= 15 is 0 Å². The lowest BCUT2D eigenvalue weighted by atomic mass is 10.2. The molecular weight excluding hydrogens is 296 g/mol. The van der Waals surface area contributed by atoms with Gasteiger partial charge in [0.15, 0.2) is 0 Å². The molecule has 0 unspecified atom stereocenters. The van der Waals surface area contributed by atoms with Gasteiger partial charge in [0.2, 0.25) is 0 Å². The van der Waals surface area contributed by atoms with Gasteiger partial charge in [0.1, 0.15) is 0 Å².